The van der Waals surface area contributed by atoms with Crippen molar-refractivity contribution in [2.45, 2.75) is 45.8 Å². The molecule has 2 heterocycles. The summed E-state index contributed by atoms with van der Waals surface area (Å²) < 4.78 is 5.44. The largest absolute Gasteiger partial charge is 0.466 e. The molecule has 0 fully saturated rings. The fraction of sp³-hybridized carbons (Fsp3) is 0.500. The summed E-state index contributed by atoms with van der Waals surface area (Å²) >= 11 is 1.51. The Hall–Kier alpha value is -1.86. The van der Waals surface area contributed by atoms with Gasteiger partial charge in [0.25, 0.3) is 0 Å². The van der Waals surface area contributed by atoms with Gasteiger partial charge in [0, 0.05) is 17.1 Å². The molecule has 0 saturated carbocycles. The Morgan fingerprint density at radius 1 is 1.52 bits per heavy atom. The summed E-state index contributed by atoms with van der Waals surface area (Å²) in [5.41, 5.74) is -0.510. The topological polar surface area (TPSA) is 87.4 Å². The predicted molar refractivity (Wildman–Crippen MR) is 89.4 cm³/mol. The molecule has 0 aliphatic rings. The van der Waals surface area contributed by atoms with Gasteiger partial charge >= 0.3 is 6.03 Å². The highest BCUT2D eigenvalue weighted by Crippen LogP contribution is 2.26. The number of rotatable bonds is 6. The van der Waals surface area contributed by atoms with E-state index in [1.54, 1.807) is 26.1 Å². The van der Waals surface area contributed by atoms with E-state index >= 15 is 0 Å². The Labute approximate surface area is 139 Å². The molecular weight excluding hydrogens is 314 g/mol. The van der Waals surface area contributed by atoms with Crippen LogP contribution in [0.1, 0.15) is 48.4 Å². The van der Waals surface area contributed by atoms with Crippen LogP contribution in [0.5, 0.6) is 0 Å². The van der Waals surface area contributed by atoms with Gasteiger partial charge in [0.1, 0.15) is 22.1 Å². The van der Waals surface area contributed by atoms with Crippen LogP contribution in [-0.2, 0) is 5.60 Å². The average Bonchev–Trinajstić information content (AvgIpc) is 3.12. The molecular formula is C16H23N3O3S. The van der Waals surface area contributed by atoms with Crippen LogP contribution in [0, 0.1) is 13.8 Å². The maximum atomic E-state index is 12.1. The number of amides is 2. The highest BCUT2D eigenvalue weighted by Gasteiger charge is 2.28. The summed E-state index contributed by atoms with van der Waals surface area (Å²) in [5, 5.41) is 18.9. The number of aliphatic hydroxyl groups is 1. The Bertz CT molecular complexity index is 650. The Morgan fingerprint density at radius 3 is 2.78 bits per heavy atom. The number of hydrogen-bond acceptors (Lipinski definition) is 5. The molecule has 0 radical (unpaired) electrons. The number of furan rings is 1. The van der Waals surface area contributed by atoms with E-state index in [2.05, 4.69) is 15.6 Å². The molecule has 2 atom stereocenters. The first-order valence-corrected chi connectivity index (χ1v) is 8.45. The van der Waals surface area contributed by atoms with Gasteiger partial charge in [0.05, 0.1) is 12.6 Å². The van der Waals surface area contributed by atoms with Crippen LogP contribution in [-0.4, -0.2) is 22.7 Å². The van der Waals surface area contributed by atoms with Crippen molar-refractivity contribution in [3.05, 3.63) is 39.7 Å². The quantitative estimate of drug-likeness (QED) is 0.756. The van der Waals surface area contributed by atoms with Gasteiger partial charge in [0.15, 0.2) is 0 Å². The van der Waals surface area contributed by atoms with Crippen LogP contribution in [0.2, 0.25) is 0 Å². The van der Waals surface area contributed by atoms with Crippen molar-refractivity contribution in [3.63, 3.8) is 0 Å². The van der Waals surface area contributed by atoms with Gasteiger partial charge < -0.3 is 20.2 Å². The third-order valence-corrected chi connectivity index (χ3v) is 4.57. The lowest BCUT2D eigenvalue weighted by atomic mass is 9.96. The van der Waals surface area contributed by atoms with E-state index in [1.165, 1.54) is 11.3 Å². The summed E-state index contributed by atoms with van der Waals surface area (Å²) in [4.78, 5) is 16.3. The van der Waals surface area contributed by atoms with Gasteiger partial charge in [-0.15, -0.1) is 11.3 Å². The highest BCUT2D eigenvalue weighted by molar-refractivity contribution is 7.09. The summed E-state index contributed by atoms with van der Waals surface area (Å²) in [6, 6.07) is 1.34. The number of thiazole rings is 1. The fourth-order valence-electron chi connectivity index (χ4n) is 2.47. The number of aryl methyl sites for hydroxylation is 2. The molecule has 0 aliphatic carbocycles. The predicted octanol–water partition coefficient (Wildman–Crippen LogP) is 3.01. The zero-order valence-corrected chi connectivity index (χ0v) is 14.7. The van der Waals surface area contributed by atoms with E-state index in [0.29, 0.717) is 11.3 Å². The second-order valence-electron chi connectivity index (χ2n) is 5.76. The standard InChI is InChI=1S/C16H23N3O3S/c1-5-13(14-17-6-7-23-14)19-15(20)18-9-16(4,21)12-8-10(2)22-11(12)3/h6-8,13,21H,5,9H2,1-4H3,(H2,18,19,20)/t13-,16+/m1/s1. The minimum absolute atomic E-state index is 0.0902. The van der Waals surface area contributed by atoms with Crippen LogP contribution >= 0.6 is 11.3 Å². The average molecular weight is 337 g/mol. The van der Waals surface area contributed by atoms with Gasteiger partial charge in [-0.25, -0.2) is 9.78 Å². The van der Waals surface area contributed by atoms with Crippen molar-refractivity contribution >= 4 is 17.4 Å². The van der Waals surface area contributed by atoms with E-state index in [4.69, 9.17) is 4.42 Å². The molecule has 2 rings (SSSR count). The number of nitrogens with one attached hydrogen (secondary N) is 2. The van der Waals surface area contributed by atoms with Crippen LogP contribution in [0.4, 0.5) is 4.79 Å². The van der Waals surface area contributed by atoms with E-state index in [1.807, 2.05) is 19.2 Å². The first-order valence-electron chi connectivity index (χ1n) is 7.57. The number of urea groups is 1. The molecule has 0 bridgehead atoms. The molecule has 126 valence electrons. The van der Waals surface area contributed by atoms with Gasteiger partial charge in [-0.05, 0) is 33.3 Å². The van der Waals surface area contributed by atoms with E-state index in [-0.39, 0.29) is 18.6 Å². The summed E-state index contributed by atoms with van der Waals surface area (Å²) in [7, 11) is 0. The van der Waals surface area contributed by atoms with Crippen LogP contribution < -0.4 is 10.6 Å². The second kappa shape index (κ2) is 7.14. The molecule has 0 spiro atoms. The molecule has 2 aromatic rings. The summed E-state index contributed by atoms with van der Waals surface area (Å²) in [5.74, 6) is 1.39. The summed E-state index contributed by atoms with van der Waals surface area (Å²) in [6.07, 6.45) is 2.47. The maximum absolute atomic E-state index is 12.1. The Balaban J connectivity index is 1.94. The van der Waals surface area contributed by atoms with Crippen LogP contribution in [0.15, 0.2) is 22.1 Å². The van der Waals surface area contributed by atoms with Crippen molar-refractivity contribution in [2.24, 2.45) is 0 Å². The van der Waals surface area contributed by atoms with E-state index in [9.17, 15) is 9.90 Å². The number of aromatic nitrogens is 1. The van der Waals surface area contributed by atoms with Gasteiger partial charge in [0.2, 0.25) is 0 Å². The van der Waals surface area contributed by atoms with Gasteiger partial charge in [-0.3, -0.25) is 0 Å². The molecule has 2 amide bonds. The van der Waals surface area contributed by atoms with Crippen molar-refractivity contribution in [1.82, 2.24) is 15.6 Å². The number of hydrogen-bond donors (Lipinski definition) is 3. The third kappa shape index (κ3) is 4.33. The lowest BCUT2D eigenvalue weighted by Crippen LogP contribution is -2.44. The molecule has 23 heavy (non-hydrogen) atoms. The number of nitrogens with zero attached hydrogens (tertiary/aromatic N) is 1. The maximum Gasteiger partial charge on any atom is 0.315 e. The monoisotopic (exact) mass is 337 g/mol. The van der Waals surface area contributed by atoms with Crippen molar-refractivity contribution in [1.29, 1.82) is 0 Å². The fourth-order valence-corrected chi connectivity index (χ4v) is 3.24. The first kappa shape index (κ1) is 17.5. The zero-order chi connectivity index (χ0) is 17.0. The van der Waals surface area contributed by atoms with E-state index < -0.39 is 5.60 Å². The zero-order valence-electron chi connectivity index (χ0n) is 13.8. The van der Waals surface area contributed by atoms with E-state index in [0.717, 1.165) is 17.2 Å². The second-order valence-corrected chi connectivity index (χ2v) is 6.69. The van der Waals surface area contributed by atoms with Crippen LogP contribution in [0.3, 0.4) is 0 Å². The molecule has 6 nitrogen and oxygen atoms in total. The van der Waals surface area contributed by atoms with Crippen molar-refractivity contribution in [2.75, 3.05) is 6.54 Å². The molecule has 0 aliphatic heterocycles. The Kier molecular flexibility index (Phi) is 5.43. The van der Waals surface area contributed by atoms with Crippen molar-refractivity contribution < 1.29 is 14.3 Å². The number of carbonyl (C=O) groups is 1. The molecule has 7 heteroatoms. The number of carbonyl (C=O) groups excluding carboxylic acids is 1. The lowest BCUT2D eigenvalue weighted by Gasteiger charge is -2.24. The lowest BCUT2D eigenvalue weighted by molar-refractivity contribution is 0.0577. The first-order chi connectivity index (χ1) is 10.8. The third-order valence-electron chi connectivity index (χ3n) is 3.68. The highest BCUT2D eigenvalue weighted by atomic mass is 32.1. The summed E-state index contributed by atoms with van der Waals surface area (Å²) in [6.45, 7) is 7.36. The smallest absolute Gasteiger partial charge is 0.315 e. The van der Waals surface area contributed by atoms with Gasteiger partial charge in [-0.1, -0.05) is 6.92 Å². The molecule has 0 saturated heterocycles. The molecule has 0 unspecified atom stereocenters. The minimum atomic E-state index is -1.19. The van der Waals surface area contributed by atoms with Gasteiger partial charge in [-0.2, -0.15) is 0 Å². The Morgan fingerprint density at radius 2 is 2.26 bits per heavy atom. The minimum Gasteiger partial charge on any atom is -0.466 e. The normalized spacial score (nSPS) is 15.0. The van der Waals surface area contributed by atoms with Crippen LogP contribution in [0.25, 0.3) is 0 Å². The molecule has 2 aromatic heterocycles. The molecule has 3 N–H and O–H groups in total. The SMILES string of the molecule is CC[C@@H](NC(=O)NC[C@](C)(O)c1cc(C)oc1C)c1nccs1. The van der Waals surface area contributed by atoms with Crippen molar-refractivity contribution in [3.8, 4) is 0 Å². The molecule has 0 aromatic carbocycles.